The van der Waals surface area contributed by atoms with Crippen molar-refractivity contribution in [3.63, 3.8) is 0 Å². The van der Waals surface area contributed by atoms with Crippen LogP contribution in [-0.4, -0.2) is 21.8 Å². The van der Waals surface area contributed by atoms with Gasteiger partial charge in [-0.05, 0) is 32.3 Å². The van der Waals surface area contributed by atoms with Gasteiger partial charge >= 0.3 is 0 Å². The molecule has 0 aliphatic heterocycles. The van der Waals surface area contributed by atoms with Gasteiger partial charge in [-0.15, -0.1) is 0 Å². The lowest BCUT2D eigenvalue weighted by Gasteiger charge is -2.19. The third kappa shape index (κ3) is 3.13. The van der Waals surface area contributed by atoms with Gasteiger partial charge in [-0.25, -0.2) is 0 Å². The van der Waals surface area contributed by atoms with Crippen LogP contribution in [0.1, 0.15) is 38.0 Å². The zero-order valence-electron chi connectivity index (χ0n) is 9.90. The maximum atomic E-state index is 6.16. The topological polar surface area (TPSA) is 55.9 Å². The molecule has 3 N–H and O–H groups in total. The molecule has 0 aliphatic rings. The Balaban J connectivity index is 2.93. The van der Waals surface area contributed by atoms with Gasteiger partial charge in [0.05, 0.1) is 23.0 Å². The zero-order valence-corrected chi connectivity index (χ0v) is 11.5. The number of rotatable bonds is 6. The van der Waals surface area contributed by atoms with Crippen molar-refractivity contribution >= 4 is 23.4 Å². The summed E-state index contributed by atoms with van der Waals surface area (Å²) in [4.78, 5) is 0. The van der Waals surface area contributed by atoms with Crippen LogP contribution in [0.4, 0.5) is 0 Å². The normalized spacial score (nSPS) is 13.4. The third-order valence-electron chi connectivity index (χ3n) is 2.42. The number of nitrogens with one attached hydrogen (secondary N) is 1. The van der Waals surface area contributed by atoms with Gasteiger partial charge in [0.15, 0.2) is 0 Å². The van der Waals surface area contributed by atoms with Crippen molar-refractivity contribution in [2.24, 2.45) is 5.84 Å². The lowest BCUT2D eigenvalue weighted by molar-refractivity contribution is 0.444. The van der Waals surface area contributed by atoms with Crippen molar-refractivity contribution in [2.45, 2.75) is 32.4 Å². The molecular formula is C10H19ClN4S. The highest BCUT2D eigenvalue weighted by atomic mass is 35.5. The summed E-state index contributed by atoms with van der Waals surface area (Å²) in [5.41, 5.74) is 3.80. The Bertz CT molecular complexity index is 327. The second kappa shape index (κ2) is 6.49. The van der Waals surface area contributed by atoms with E-state index in [2.05, 4.69) is 30.6 Å². The Hall–Kier alpha value is -0.230. The van der Waals surface area contributed by atoms with Crippen molar-refractivity contribution in [1.29, 1.82) is 0 Å². The first kappa shape index (κ1) is 13.8. The van der Waals surface area contributed by atoms with Crippen LogP contribution in [-0.2, 0) is 0 Å². The fourth-order valence-corrected chi connectivity index (χ4v) is 2.36. The molecule has 0 aliphatic carbocycles. The molecule has 0 fully saturated rings. The van der Waals surface area contributed by atoms with Crippen LogP contribution in [0, 0.1) is 0 Å². The van der Waals surface area contributed by atoms with E-state index in [0.717, 1.165) is 17.9 Å². The predicted molar refractivity (Wildman–Crippen MR) is 70.7 cm³/mol. The summed E-state index contributed by atoms with van der Waals surface area (Å²) in [6.07, 6.45) is 4.70. The van der Waals surface area contributed by atoms with Crippen molar-refractivity contribution < 1.29 is 0 Å². The molecule has 0 bridgehead atoms. The Labute approximate surface area is 106 Å². The SMILES string of the molecule is CSCCC(NN)c1c(Cl)cnn1C(C)C. The van der Waals surface area contributed by atoms with Gasteiger partial charge in [-0.3, -0.25) is 16.0 Å². The summed E-state index contributed by atoms with van der Waals surface area (Å²) in [6.45, 7) is 4.16. The number of hydrogen-bond acceptors (Lipinski definition) is 4. The molecule has 0 aromatic carbocycles. The molecule has 1 rings (SSSR count). The van der Waals surface area contributed by atoms with Crippen molar-refractivity contribution in [3.05, 3.63) is 16.9 Å². The standard InChI is InChI=1S/C10H19ClN4S/c1-7(2)15-10(8(11)6-13-15)9(14-12)4-5-16-3/h6-7,9,14H,4-5,12H2,1-3H3. The average molecular weight is 263 g/mol. The molecule has 1 heterocycles. The molecule has 92 valence electrons. The first-order valence-corrected chi connectivity index (χ1v) is 7.07. The average Bonchev–Trinajstić information content (AvgIpc) is 2.62. The van der Waals surface area contributed by atoms with Gasteiger partial charge in [0.25, 0.3) is 0 Å². The predicted octanol–water partition coefficient (Wildman–Crippen LogP) is 2.37. The molecule has 4 nitrogen and oxygen atoms in total. The zero-order chi connectivity index (χ0) is 12.1. The van der Waals surface area contributed by atoms with Gasteiger partial charge in [0.1, 0.15) is 0 Å². The van der Waals surface area contributed by atoms with Gasteiger partial charge in [-0.1, -0.05) is 11.6 Å². The van der Waals surface area contributed by atoms with Crippen molar-refractivity contribution in [2.75, 3.05) is 12.0 Å². The summed E-state index contributed by atoms with van der Waals surface area (Å²) in [7, 11) is 0. The minimum atomic E-state index is 0.0600. The highest BCUT2D eigenvalue weighted by molar-refractivity contribution is 7.98. The molecule has 0 saturated carbocycles. The summed E-state index contributed by atoms with van der Waals surface area (Å²) in [6, 6.07) is 0.345. The third-order valence-corrected chi connectivity index (χ3v) is 3.35. The van der Waals surface area contributed by atoms with Crippen LogP contribution in [0.5, 0.6) is 0 Å². The van der Waals surface area contributed by atoms with E-state index in [0.29, 0.717) is 5.02 Å². The number of nitrogens with two attached hydrogens (primary N) is 1. The van der Waals surface area contributed by atoms with E-state index in [4.69, 9.17) is 17.4 Å². The van der Waals surface area contributed by atoms with E-state index in [-0.39, 0.29) is 12.1 Å². The minimum absolute atomic E-state index is 0.0600. The van der Waals surface area contributed by atoms with Crippen LogP contribution >= 0.6 is 23.4 Å². The van der Waals surface area contributed by atoms with Crippen LogP contribution in [0.2, 0.25) is 5.02 Å². The molecule has 0 radical (unpaired) electrons. The summed E-state index contributed by atoms with van der Waals surface area (Å²) in [5.74, 6) is 6.62. The van der Waals surface area contributed by atoms with E-state index in [9.17, 15) is 0 Å². The fourth-order valence-electron chi connectivity index (χ4n) is 1.62. The van der Waals surface area contributed by atoms with Gasteiger partial charge in [0.2, 0.25) is 0 Å². The lowest BCUT2D eigenvalue weighted by Crippen LogP contribution is -2.31. The molecule has 0 saturated heterocycles. The van der Waals surface area contributed by atoms with E-state index >= 15 is 0 Å². The maximum Gasteiger partial charge on any atom is 0.0834 e. The monoisotopic (exact) mass is 262 g/mol. The van der Waals surface area contributed by atoms with Crippen LogP contribution in [0.3, 0.4) is 0 Å². The summed E-state index contributed by atoms with van der Waals surface area (Å²) >= 11 is 7.95. The quantitative estimate of drug-likeness (QED) is 0.611. The fraction of sp³-hybridized carbons (Fsp3) is 0.700. The number of aromatic nitrogens is 2. The second-order valence-electron chi connectivity index (χ2n) is 3.92. The first-order valence-electron chi connectivity index (χ1n) is 5.29. The van der Waals surface area contributed by atoms with Crippen molar-refractivity contribution in [1.82, 2.24) is 15.2 Å². The largest absolute Gasteiger partial charge is 0.271 e. The molecular weight excluding hydrogens is 244 g/mol. The van der Waals surface area contributed by atoms with E-state index in [1.807, 2.05) is 4.68 Å². The summed E-state index contributed by atoms with van der Waals surface area (Å²) < 4.78 is 1.92. The highest BCUT2D eigenvalue weighted by Crippen LogP contribution is 2.27. The molecule has 1 aromatic heterocycles. The van der Waals surface area contributed by atoms with Crippen LogP contribution in [0.25, 0.3) is 0 Å². The first-order chi connectivity index (χ1) is 7.61. The Kier molecular flexibility index (Phi) is 5.61. The van der Waals surface area contributed by atoms with Crippen LogP contribution in [0.15, 0.2) is 6.20 Å². The van der Waals surface area contributed by atoms with E-state index in [1.54, 1.807) is 18.0 Å². The summed E-state index contributed by atoms with van der Waals surface area (Å²) in [5, 5.41) is 4.95. The van der Waals surface area contributed by atoms with Gasteiger partial charge in [-0.2, -0.15) is 16.9 Å². The van der Waals surface area contributed by atoms with Crippen LogP contribution < -0.4 is 11.3 Å². The Morgan fingerprint density at radius 3 is 2.81 bits per heavy atom. The second-order valence-corrected chi connectivity index (χ2v) is 5.31. The van der Waals surface area contributed by atoms with E-state index < -0.39 is 0 Å². The molecule has 0 spiro atoms. The van der Waals surface area contributed by atoms with Crippen molar-refractivity contribution in [3.8, 4) is 0 Å². The van der Waals surface area contributed by atoms with Gasteiger partial charge < -0.3 is 0 Å². The molecule has 16 heavy (non-hydrogen) atoms. The minimum Gasteiger partial charge on any atom is -0.271 e. The maximum absolute atomic E-state index is 6.16. The highest BCUT2D eigenvalue weighted by Gasteiger charge is 2.20. The Morgan fingerprint density at radius 2 is 2.31 bits per heavy atom. The smallest absolute Gasteiger partial charge is 0.0834 e. The lowest BCUT2D eigenvalue weighted by atomic mass is 10.1. The number of hydrazine groups is 1. The molecule has 1 atom stereocenters. The number of nitrogens with zero attached hydrogens (tertiary/aromatic N) is 2. The number of thioether (sulfide) groups is 1. The van der Waals surface area contributed by atoms with E-state index in [1.165, 1.54) is 0 Å². The number of halogens is 1. The Morgan fingerprint density at radius 1 is 1.62 bits per heavy atom. The molecule has 1 unspecified atom stereocenters. The molecule has 0 amide bonds. The number of hydrogen-bond donors (Lipinski definition) is 2. The molecule has 1 aromatic rings. The molecule has 6 heteroatoms. The van der Waals surface area contributed by atoms with Gasteiger partial charge in [0, 0.05) is 6.04 Å².